The number of aromatic carboxylic acids is 1. The van der Waals surface area contributed by atoms with Crippen LogP contribution < -0.4 is 0 Å². The molecule has 0 aromatic heterocycles. The average molecular weight is 285 g/mol. The summed E-state index contributed by atoms with van der Waals surface area (Å²) in [4.78, 5) is 11.2. The van der Waals surface area contributed by atoms with Crippen LogP contribution in [0.5, 0.6) is 0 Å². The van der Waals surface area contributed by atoms with Gasteiger partial charge in [0.05, 0.1) is 17.0 Å². The zero-order valence-electron chi connectivity index (χ0n) is 12.2. The molecule has 1 saturated carbocycles. The van der Waals surface area contributed by atoms with Crippen LogP contribution in [0, 0.1) is 22.7 Å². The van der Waals surface area contributed by atoms with Crippen LogP contribution in [0.1, 0.15) is 42.6 Å². The molecule has 21 heavy (non-hydrogen) atoms. The van der Waals surface area contributed by atoms with Crippen LogP contribution >= 0.6 is 0 Å². The molecule has 1 aliphatic carbocycles. The summed E-state index contributed by atoms with van der Waals surface area (Å²) >= 11 is 0. The van der Waals surface area contributed by atoms with Crippen molar-refractivity contribution in [2.75, 3.05) is 0 Å². The Hall–Kier alpha value is -2.12. The average Bonchev–Trinajstić information content (AvgIpc) is 3.26. The molecule has 0 radical (unpaired) electrons. The van der Waals surface area contributed by atoms with Crippen LogP contribution in [0.2, 0.25) is 0 Å². The lowest BCUT2D eigenvalue weighted by atomic mass is 9.76. The maximum Gasteiger partial charge on any atom is 0.336 e. The second-order valence-electron chi connectivity index (χ2n) is 5.90. The van der Waals surface area contributed by atoms with E-state index in [1.54, 1.807) is 30.4 Å². The molecule has 1 aromatic carbocycles. The summed E-state index contributed by atoms with van der Waals surface area (Å²) in [6, 6.07) is 8.85. The predicted molar refractivity (Wildman–Crippen MR) is 79.5 cm³/mol. The fourth-order valence-corrected chi connectivity index (χ4v) is 2.69. The van der Waals surface area contributed by atoms with E-state index in [1.165, 1.54) is 6.07 Å². The van der Waals surface area contributed by atoms with Crippen molar-refractivity contribution in [3.05, 3.63) is 41.5 Å². The van der Waals surface area contributed by atoms with E-state index in [1.807, 2.05) is 13.8 Å². The minimum Gasteiger partial charge on any atom is -0.478 e. The lowest BCUT2D eigenvalue weighted by Gasteiger charge is -2.33. The number of hydrogen-bond acceptors (Lipinski definition) is 3. The quantitative estimate of drug-likeness (QED) is 0.871. The van der Waals surface area contributed by atoms with E-state index in [2.05, 4.69) is 6.07 Å². The Morgan fingerprint density at radius 1 is 1.43 bits per heavy atom. The number of nitrogens with zero attached hydrogens (tertiary/aromatic N) is 1. The van der Waals surface area contributed by atoms with E-state index in [4.69, 9.17) is 0 Å². The van der Waals surface area contributed by atoms with Gasteiger partial charge in [-0.25, -0.2) is 4.79 Å². The molecule has 1 atom stereocenters. The van der Waals surface area contributed by atoms with Crippen LogP contribution in [0.4, 0.5) is 0 Å². The van der Waals surface area contributed by atoms with Gasteiger partial charge >= 0.3 is 5.97 Å². The molecule has 0 heterocycles. The Morgan fingerprint density at radius 3 is 2.52 bits per heavy atom. The zero-order valence-corrected chi connectivity index (χ0v) is 12.2. The number of benzene rings is 1. The molecule has 2 N–H and O–H groups in total. The molecule has 0 unspecified atom stereocenters. The maximum atomic E-state index is 11.2. The lowest BCUT2D eigenvalue weighted by Crippen LogP contribution is -2.42. The highest BCUT2D eigenvalue weighted by Crippen LogP contribution is 2.57. The number of aliphatic hydroxyl groups is 1. The number of hydrogen-bond donors (Lipinski definition) is 2. The Morgan fingerprint density at radius 2 is 2.05 bits per heavy atom. The topological polar surface area (TPSA) is 81.3 Å². The van der Waals surface area contributed by atoms with E-state index in [-0.39, 0.29) is 11.5 Å². The van der Waals surface area contributed by atoms with Gasteiger partial charge in [-0.15, -0.1) is 0 Å². The first-order valence-electron chi connectivity index (χ1n) is 7.01. The molecular formula is C17H19NO3. The summed E-state index contributed by atoms with van der Waals surface area (Å²) in [7, 11) is 0. The summed E-state index contributed by atoms with van der Waals surface area (Å²) in [5.74, 6) is -1.14. The highest BCUT2D eigenvalue weighted by atomic mass is 16.4. The van der Waals surface area contributed by atoms with Crippen LogP contribution in [-0.2, 0) is 0 Å². The molecule has 1 fully saturated rings. The Labute approximate surface area is 124 Å². The van der Waals surface area contributed by atoms with E-state index in [9.17, 15) is 20.3 Å². The molecule has 0 saturated heterocycles. The molecule has 0 bridgehead atoms. The molecule has 110 valence electrons. The van der Waals surface area contributed by atoms with Gasteiger partial charge in [-0.05, 0) is 30.4 Å². The van der Waals surface area contributed by atoms with Crippen molar-refractivity contribution in [3.8, 4) is 6.07 Å². The van der Waals surface area contributed by atoms with Gasteiger partial charge < -0.3 is 10.2 Å². The van der Waals surface area contributed by atoms with E-state index in [0.717, 1.165) is 0 Å². The fourth-order valence-electron chi connectivity index (χ4n) is 2.69. The minimum absolute atomic E-state index is 0.132. The van der Waals surface area contributed by atoms with Gasteiger partial charge in [-0.1, -0.05) is 44.2 Å². The summed E-state index contributed by atoms with van der Waals surface area (Å²) in [6.45, 7) is 3.73. The van der Waals surface area contributed by atoms with Crippen molar-refractivity contribution in [2.24, 2.45) is 11.3 Å². The standard InChI is InChI=1S/C17H19NO3/c1-12(2)17(21,16(11-18)9-10-16)8-7-13-5-3-4-6-14(13)15(19)20/h3-8,12,21H,9-10H2,1-2H3,(H,19,20)/b8-7+/t17-/m1/s1. The Kier molecular flexibility index (Phi) is 3.89. The van der Waals surface area contributed by atoms with Crippen LogP contribution in [0.15, 0.2) is 30.3 Å². The van der Waals surface area contributed by atoms with Crippen molar-refractivity contribution in [1.82, 2.24) is 0 Å². The van der Waals surface area contributed by atoms with Crippen LogP contribution in [0.25, 0.3) is 6.08 Å². The molecule has 2 rings (SSSR count). The zero-order chi connectivity index (χ0) is 15.7. The predicted octanol–water partition coefficient (Wildman–Crippen LogP) is 3.09. The summed E-state index contributed by atoms with van der Waals surface area (Å²) < 4.78 is 0. The first kappa shape index (κ1) is 15.3. The van der Waals surface area contributed by atoms with E-state index in [0.29, 0.717) is 18.4 Å². The molecule has 0 amide bonds. The van der Waals surface area contributed by atoms with Crippen molar-refractivity contribution in [3.63, 3.8) is 0 Å². The van der Waals surface area contributed by atoms with Gasteiger partial charge in [0, 0.05) is 0 Å². The molecule has 0 aliphatic heterocycles. The molecular weight excluding hydrogens is 266 g/mol. The number of carboxylic acid groups (broad SMARTS) is 1. The third-order valence-corrected chi connectivity index (χ3v) is 4.32. The van der Waals surface area contributed by atoms with Crippen LogP contribution in [-0.4, -0.2) is 21.8 Å². The molecule has 0 spiro atoms. The highest BCUT2D eigenvalue weighted by molar-refractivity contribution is 5.92. The van der Waals surface area contributed by atoms with Gasteiger partial charge in [0.2, 0.25) is 0 Å². The van der Waals surface area contributed by atoms with Gasteiger partial charge in [0.15, 0.2) is 0 Å². The van der Waals surface area contributed by atoms with Crippen molar-refractivity contribution in [1.29, 1.82) is 5.26 Å². The third kappa shape index (κ3) is 2.57. The molecule has 1 aromatic rings. The Balaban J connectivity index is 2.40. The van der Waals surface area contributed by atoms with Crippen molar-refractivity contribution < 1.29 is 15.0 Å². The van der Waals surface area contributed by atoms with Gasteiger partial charge in [0.25, 0.3) is 0 Å². The monoisotopic (exact) mass is 285 g/mol. The third-order valence-electron chi connectivity index (χ3n) is 4.32. The Bertz CT molecular complexity index is 623. The van der Waals surface area contributed by atoms with Crippen molar-refractivity contribution in [2.45, 2.75) is 32.3 Å². The normalized spacial score (nSPS) is 19.2. The largest absolute Gasteiger partial charge is 0.478 e. The SMILES string of the molecule is CC(C)[C@](O)(/C=C/c1ccccc1C(=O)O)C1(C#N)CC1. The maximum absolute atomic E-state index is 11.2. The van der Waals surface area contributed by atoms with E-state index < -0.39 is 17.0 Å². The fraction of sp³-hybridized carbons (Fsp3) is 0.412. The number of carboxylic acids is 1. The van der Waals surface area contributed by atoms with Gasteiger partial charge in [-0.3, -0.25) is 0 Å². The summed E-state index contributed by atoms with van der Waals surface area (Å²) in [5, 5.41) is 29.4. The van der Waals surface area contributed by atoms with Crippen LogP contribution in [0.3, 0.4) is 0 Å². The smallest absolute Gasteiger partial charge is 0.336 e. The second-order valence-corrected chi connectivity index (χ2v) is 5.90. The summed E-state index contributed by atoms with van der Waals surface area (Å²) in [6.07, 6.45) is 4.54. The van der Waals surface area contributed by atoms with Crippen molar-refractivity contribution >= 4 is 12.0 Å². The number of carbonyl (C=O) groups is 1. The molecule has 4 nitrogen and oxygen atoms in total. The first-order chi connectivity index (χ1) is 9.86. The summed E-state index contributed by atoms with van der Waals surface area (Å²) in [5.41, 5.74) is -1.28. The molecule has 1 aliphatic rings. The number of rotatable bonds is 5. The number of nitriles is 1. The lowest BCUT2D eigenvalue weighted by molar-refractivity contribution is -0.00418. The second kappa shape index (κ2) is 5.34. The van der Waals surface area contributed by atoms with E-state index >= 15 is 0 Å². The molecule has 4 heteroatoms. The van der Waals surface area contributed by atoms with Gasteiger partial charge in [0.1, 0.15) is 5.60 Å². The minimum atomic E-state index is -1.24. The first-order valence-corrected chi connectivity index (χ1v) is 7.01. The highest BCUT2D eigenvalue weighted by Gasteiger charge is 2.59. The van der Waals surface area contributed by atoms with Gasteiger partial charge in [-0.2, -0.15) is 5.26 Å².